The zero-order valence-electron chi connectivity index (χ0n) is 13.4. The van der Waals surface area contributed by atoms with Crippen LogP contribution < -0.4 is 19.5 Å². The van der Waals surface area contributed by atoms with Gasteiger partial charge in [0.25, 0.3) is 0 Å². The average Bonchev–Trinajstić information content (AvgIpc) is 2.56. The Kier molecular flexibility index (Phi) is 6.18. The van der Waals surface area contributed by atoms with Crippen LogP contribution >= 0.6 is 0 Å². The molecule has 1 saturated carbocycles. The highest BCUT2D eigenvalue weighted by atomic mass is 16.5. The summed E-state index contributed by atoms with van der Waals surface area (Å²) in [5, 5.41) is 3.41. The number of methoxy groups -OCH3 is 2. The molecule has 1 N–H and O–H groups in total. The van der Waals surface area contributed by atoms with Crippen molar-refractivity contribution in [3.05, 3.63) is 18.2 Å². The van der Waals surface area contributed by atoms with Crippen LogP contribution in [0.4, 0.5) is 0 Å². The van der Waals surface area contributed by atoms with Crippen molar-refractivity contribution in [1.29, 1.82) is 0 Å². The Bertz CT molecular complexity index is 408. The Labute approximate surface area is 127 Å². The molecule has 0 bridgehead atoms. The number of hydrogen-bond acceptors (Lipinski definition) is 4. The predicted octanol–water partition coefficient (Wildman–Crippen LogP) is 3.25. The summed E-state index contributed by atoms with van der Waals surface area (Å²) >= 11 is 0. The second-order valence-corrected chi connectivity index (χ2v) is 5.60. The van der Waals surface area contributed by atoms with Crippen molar-refractivity contribution in [3.63, 3.8) is 0 Å². The summed E-state index contributed by atoms with van der Waals surface area (Å²) in [6.45, 7) is 0.637. The summed E-state index contributed by atoms with van der Waals surface area (Å²) in [6, 6.07) is 6.07. The van der Waals surface area contributed by atoms with Crippen LogP contribution in [0.2, 0.25) is 0 Å². The third-order valence-electron chi connectivity index (χ3n) is 4.38. The minimum atomic E-state index is 0.375. The molecule has 118 valence electrons. The minimum absolute atomic E-state index is 0.375. The van der Waals surface area contributed by atoms with E-state index in [1.165, 1.54) is 32.1 Å². The van der Waals surface area contributed by atoms with Crippen molar-refractivity contribution in [2.45, 2.75) is 38.1 Å². The zero-order valence-corrected chi connectivity index (χ0v) is 13.4. The van der Waals surface area contributed by atoms with Gasteiger partial charge in [-0.1, -0.05) is 25.3 Å². The summed E-state index contributed by atoms with van der Waals surface area (Å²) in [5.41, 5.74) is 0. The minimum Gasteiger partial charge on any atom is -0.493 e. The Morgan fingerprint density at radius 2 is 1.71 bits per heavy atom. The molecule has 21 heavy (non-hydrogen) atoms. The van der Waals surface area contributed by atoms with Gasteiger partial charge < -0.3 is 19.5 Å². The molecule has 1 aromatic carbocycles. The molecule has 0 spiro atoms. The highest BCUT2D eigenvalue weighted by Gasteiger charge is 2.24. The molecule has 0 heterocycles. The standard InChI is InChI=1S/C17H27NO3/c1-18-14(13-8-5-4-6-9-13)12-21-17-15(19-2)10-7-11-16(17)20-3/h7,10-11,13-14,18H,4-6,8-9,12H2,1-3H3. The predicted molar refractivity (Wildman–Crippen MR) is 84.5 cm³/mol. The molecule has 1 unspecified atom stereocenters. The van der Waals surface area contributed by atoms with E-state index in [1.807, 2.05) is 25.2 Å². The maximum absolute atomic E-state index is 6.04. The molecule has 1 fully saturated rings. The maximum atomic E-state index is 6.04. The van der Waals surface area contributed by atoms with Crippen molar-refractivity contribution in [2.24, 2.45) is 5.92 Å². The van der Waals surface area contributed by atoms with Crippen LogP contribution in [0.15, 0.2) is 18.2 Å². The van der Waals surface area contributed by atoms with E-state index in [0.29, 0.717) is 35.8 Å². The smallest absolute Gasteiger partial charge is 0.203 e. The molecule has 1 aliphatic carbocycles. The zero-order chi connectivity index (χ0) is 15.1. The first kappa shape index (κ1) is 16.0. The molecule has 4 nitrogen and oxygen atoms in total. The van der Waals surface area contributed by atoms with Crippen LogP contribution in [0, 0.1) is 5.92 Å². The quantitative estimate of drug-likeness (QED) is 0.837. The van der Waals surface area contributed by atoms with E-state index in [9.17, 15) is 0 Å². The van der Waals surface area contributed by atoms with Crippen molar-refractivity contribution < 1.29 is 14.2 Å². The van der Waals surface area contributed by atoms with Crippen molar-refractivity contribution in [2.75, 3.05) is 27.9 Å². The third-order valence-corrected chi connectivity index (χ3v) is 4.38. The number of hydrogen-bond donors (Lipinski definition) is 1. The lowest BCUT2D eigenvalue weighted by Crippen LogP contribution is -2.39. The molecule has 0 aromatic heterocycles. The van der Waals surface area contributed by atoms with Gasteiger partial charge >= 0.3 is 0 Å². The van der Waals surface area contributed by atoms with Gasteiger partial charge in [-0.05, 0) is 37.9 Å². The van der Waals surface area contributed by atoms with E-state index < -0.39 is 0 Å². The summed E-state index contributed by atoms with van der Waals surface area (Å²) in [6.07, 6.45) is 6.62. The first-order chi connectivity index (χ1) is 10.3. The molecule has 4 heteroatoms. The van der Waals surface area contributed by atoms with Crippen LogP contribution in [0.25, 0.3) is 0 Å². The fraction of sp³-hybridized carbons (Fsp3) is 0.647. The van der Waals surface area contributed by atoms with Crippen LogP contribution in [0.5, 0.6) is 17.2 Å². The first-order valence-corrected chi connectivity index (χ1v) is 7.81. The number of rotatable bonds is 7. The summed E-state index contributed by atoms with van der Waals surface area (Å²) in [4.78, 5) is 0. The molecule has 1 atom stereocenters. The third kappa shape index (κ3) is 4.03. The summed E-state index contributed by atoms with van der Waals surface area (Å²) < 4.78 is 16.8. The van der Waals surface area contributed by atoms with Crippen molar-refractivity contribution >= 4 is 0 Å². The number of benzene rings is 1. The van der Waals surface area contributed by atoms with E-state index in [1.54, 1.807) is 14.2 Å². The molecule has 0 radical (unpaired) electrons. The Hall–Kier alpha value is -1.42. The highest BCUT2D eigenvalue weighted by molar-refractivity contribution is 5.51. The largest absolute Gasteiger partial charge is 0.493 e. The lowest BCUT2D eigenvalue weighted by Gasteiger charge is -2.30. The van der Waals surface area contributed by atoms with Gasteiger partial charge in [-0.15, -0.1) is 0 Å². The first-order valence-electron chi connectivity index (χ1n) is 7.81. The Morgan fingerprint density at radius 1 is 1.10 bits per heavy atom. The molecule has 2 rings (SSSR count). The summed E-state index contributed by atoms with van der Waals surface area (Å²) in [7, 11) is 5.32. The van der Waals surface area contributed by atoms with E-state index >= 15 is 0 Å². The van der Waals surface area contributed by atoms with Gasteiger partial charge in [-0.2, -0.15) is 0 Å². The van der Waals surface area contributed by atoms with Gasteiger partial charge in [0.05, 0.1) is 14.2 Å². The Morgan fingerprint density at radius 3 is 2.24 bits per heavy atom. The maximum Gasteiger partial charge on any atom is 0.203 e. The molecule has 0 aliphatic heterocycles. The number of likely N-dealkylation sites (N-methyl/N-ethyl adjacent to an activating group) is 1. The molecular weight excluding hydrogens is 266 g/mol. The molecular formula is C17H27NO3. The molecule has 0 saturated heterocycles. The van der Waals surface area contributed by atoms with Gasteiger partial charge in [0.15, 0.2) is 11.5 Å². The van der Waals surface area contributed by atoms with Gasteiger partial charge in [0, 0.05) is 6.04 Å². The van der Waals surface area contributed by atoms with Gasteiger partial charge in [-0.25, -0.2) is 0 Å². The highest BCUT2D eigenvalue weighted by Crippen LogP contribution is 2.37. The number of ether oxygens (including phenoxy) is 3. The van der Waals surface area contributed by atoms with Gasteiger partial charge in [0.1, 0.15) is 6.61 Å². The second-order valence-electron chi connectivity index (χ2n) is 5.60. The van der Waals surface area contributed by atoms with E-state index in [0.717, 1.165) is 0 Å². The van der Waals surface area contributed by atoms with E-state index in [-0.39, 0.29) is 0 Å². The topological polar surface area (TPSA) is 39.7 Å². The average molecular weight is 293 g/mol. The van der Waals surface area contributed by atoms with Crippen LogP contribution in [-0.4, -0.2) is 33.9 Å². The molecule has 0 amide bonds. The van der Waals surface area contributed by atoms with Crippen molar-refractivity contribution in [1.82, 2.24) is 5.32 Å². The normalized spacial score (nSPS) is 17.3. The van der Waals surface area contributed by atoms with Crippen LogP contribution in [0.3, 0.4) is 0 Å². The van der Waals surface area contributed by atoms with Gasteiger partial charge in [0.2, 0.25) is 5.75 Å². The lowest BCUT2D eigenvalue weighted by molar-refractivity contribution is 0.183. The fourth-order valence-electron chi connectivity index (χ4n) is 3.12. The second kappa shape index (κ2) is 8.13. The fourth-order valence-corrected chi connectivity index (χ4v) is 3.12. The summed E-state index contributed by atoms with van der Waals surface area (Å²) in [5.74, 6) is 2.82. The molecule has 1 aromatic rings. The van der Waals surface area contributed by atoms with E-state index in [2.05, 4.69) is 5.32 Å². The van der Waals surface area contributed by atoms with Crippen LogP contribution in [-0.2, 0) is 0 Å². The Balaban J connectivity index is 2.03. The SMILES string of the molecule is CNC(COc1c(OC)cccc1OC)C1CCCCC1. The lowest BCUT2D eigenvalue weighted by atomic mass is 9.84. The van der Waals surface area contributed by atoms with Gasteiger partial charge in [-0.3, -0.25) is 0 Å². The number of nitrogens with one attached hydrogen (secondary N) is 1. The molecule has 1 aliphatic rings. The van der Waals surface area contributed by atoms with E-state index in [4.69, 9.17) is 14.2 Å². The number of para-hydroxylation sites is 1. The monoisotopic (exact) mass is 293 g/mol. The van der Waals surface area contributed by atoms with Crippen molar-refractivity contribution in [3.8, 4) is 17.2 Å². The van der Waals surface area contributed by atoms with Crippen LogP contribution in [0.1, 0.15) is 32.1 Å².